The Kier molecular flexibility index (Phi) is 6.01. The molecule has 1 saturated heterocycles. The maximum Gasteiger partial charge on any atom is 0.262 e. The Morgan fingerprint density at radius 3 is 2.58 bits per heavy atom. The minimum Gasteiger partial charge on any atom is -0.484 e. The van der Waals surface area contributed by atoms with E-state index in [0.717, 1.165) is 29.9 Å². The van der Waals surface area contributed by atoms with E-state index >= 15 is 0 Å². The molecule has 1 fully saturated rings. The first-order valence-electron chi connectivity index (χ1n) is 8.65. The van der Waals surface area contributed by atoms with E-state index in [2.05, 4.69) is 16.3 Å². The van der Waals surface area contributed by atoms with Gasteiger partial charge in [0, 0.05) is 13.1 Å². The summed E-state index contributed by atoms with van der Waals surface area (Å²) in [5.41, 5.74) is 3.72. The lowest BCUT2D eigenvalue weighted by Gasteiger charge is -2.31. The fourth-order valence-electron chi connectivity index (χ4n) is 3.08. The molecule has 6 heteroatoms. The zero-order chi connectivity index (χ0) is 18.5. The average Bonchev–Trinajstić information content (AvgIpc) is 2.60. The fraction of sp³-hybridized carbons (Fsp3) is 0.350. The van der Waals surface area contributed by atoms with Crippen LogP contribution in [-0.4, -0.2) is 38.8 Å². The topological polar surface area (TPSA) is 50.8 Å². The Labute approximate surface area is 158 Å². The second-order valence-electron chi connectivity index (χ2n) is 6.40. The van der Waals surface area contributed by atoms with Crippen molar-refractivity contribution in [3.05, 3.63) is 52.5 Å². The molecule has 5 nitrogen and oxygen atoms in total. The molecule has 0 saturated carbocycles. The molecule has 3 rings (SSSR count). The van der Waals surface area contributed by atoms with Crippen LogP contribution in [0.1, 0.15) is 11.1 Å². The first kappa shape index (κ1) is 18.5. The second kappa shape index (κ2) is 8.43. The maximum atomic E-state index is 12.4. The summed E-state index contributed by atoms with van der Waals surface area (Å²) in [7, 11) is 0. The van der Waals surface area contributed by atoms with Crippen molar-refractivity contribution in [2.24, 2.45) is 0 Å². The van der Waals surface area contributed by atoms with Crippen LogP contribution in [0, 0.1) is 13.8 Å². The van der Waals surface area contributed by atoms with E-state index in [4.69, 9.17) is 21.1 Å². The molecule has 2 aromatic carbocycles. The van der Waals surface area contributed by atoms with Crippen LogP contribution in [0.15, 0.2) is 36.4 Å². The summed E-state index contributed by atoms with van der Waals surface area (Å²) < 4.78 is 11.0. The molecule has 1 aliphatic rings. The number of nitrogens with one attached hydrogen (secondary N) is 1. The largest absolute Gasteiger partial charge is 0.484 e. The van der Waals surface area contributed by atoms with E-state index in [1.807, 2.05) is 44.2 Å². The zero-order valence-corrected chi connectivity index (χ0v) is 15.8. The summed E-state index contributed by atoms with van der Waals surface area (Å²) in [6.07, 6.45) is 0. The molecular weight excluding hydrogens is 352 g/mol. The summed E-state index contributed by atoms with van der Waals surface area (Å²) in [6.45, 7) is 6.72. The van der Waals surface area contributed by atoms with Gasteiger partial charge in [0.25, 0.3) is 5.91 Å². The standard InChI is InChI=1S/C20H23ClN2O3/c1-14-10-15(2)12-16(11-14)26-13-19(24)22-18-5-3-4-17(21)20(18)23-6-8-25-9-7-23/h3-5,10-12H,6-9,13H2,1-2H3,(H,22,24). The van der Waals surface area contributed by atoms with Gasteiger partial charge >= 0.3 is 0 Å². The van der Waals surface area contributed by atoms with Crippen LogP contribution in [0.4, 0.5) is 11.4 Å². The molecule has 0 radical (unpaired) electrons. The average molecular weight is 375 g/mol. The van der Waals surface area contributed by atoms with Gasteiger partial charge in [-0.2, -0.15) is 0 Å². The molecule has 0 unspecified atom stereocenters. The van der Waals surface area contributed by atoms with Gasteiger partial charge in [0.2, 0.25) is 0 Å². The highest BCUT2D eigenvalue weighted by molar-refractivity contribution is 6.34. The van der Waals surface area contributed by atoms with Crippen LogP contribution in [0.3, 0.4) is 0 Å². The maximum absolute atomic E-state index is 12.4. The molecule has 0 atom stereocenters. The number of carbonyl (C=O) groups is 1. The summed E-state index contributed by atoms with van der Waals surface area (Å²) in [4.78, 5) is 14.5. The van der Waals surface area contributed by atoms with E-state index in [1.165, 1.54) is 0 Å². The number of hydrogen-bond donors (Lipinski definition) is 1. The number of rotatable bonds is 5. The Morgan fingerprint density at radius 1 is 1.19 bits per heavy atom. The number of para-hydroxylation sites is 1. The predicted molar refractivity (Wildman–Crippen MR) is 105 cm³/mol. The monoisotopic (exact) mass is 374 g/mol. The van der Waals surface area contributed by atoms with Crippen molar-refractivity contribution in [1.82, 2.24) is 0 Å². The van der Waals surface area contributed by atoms with Crippen molar-refractivity contribution in [3.8, 4) is 5.75 Å². The van der Waals surface area contributed by atoms with Crippen LogP contribution >= 0.6 is 11.6 Å². The third-order valence-corrected chi connectivity index (χ3v) is 4.46. The number of amides is 1. The lowest BCUT2D eigenvalue weighted by molar-refractivity contribution is -0.118. The molecule has 26 heavy (non-hydrogen) atoms. The van der Waals surface area contributed by atoms with Gasteiger partial charge in [-0.25, -0.2) is 0 Å². The van der Waals surface area contributed by atoms with Gasteiger partial charge in [-0.1, -0.05) is 23.7 Å². The molecule has 1 N–H and O–H groups in total. The van der Waals surface area contributed by atoms with Gasteiger partial charge < -0.3 is 19.7 Å². The van der Waals surface area contributed by atoms with Crippen LogP contribution in [0.5, 0.6) is 5.75 Å². The van der Waals surface area contributed by atoms with Crippen molar-refractivity contribution in [3.63, 3.8) is 0 Å². The fourth-order valence-corrected chi connectivity index (χ4v) is 3.37. The van der Waals surface area contributed by atoms with E-state index in [1.54, 1.807) is 0 Å². The van der Waals surface area contributed by atoms with Crippen molar-refractivity contribution >= 4 is 28.9 Å². The van der Waals surface area contributed by atoms with E-state index in [9.17, 15) is 4.79 Å². The first-order chi connectivity index (χ1) is 12.5. The molecule has 0 spiro atoms. The zero-order valence-electron chi connectivity index (χ0n) is 15.0. The number of carbonyl (C=O) groups excluding carboxylic acids is 1. The molecule has 138 valence electrons. The first-order valence-corrected chi connectivity index (χ1v) is 9.03. The summed E-state index contributed by atoms with van der Waals surface area (Å²) >= 11 is 6.39. The van der Waals surface area contributed by atoms with Gasteiger partial charge in [-0.3, -0.25) is 4.79 Å². The third kappa shape index (κ3) is 4.68. The van der Waals surface area contributed by atoms with E-state index in [0.29, 0.717) is 29.7 Å². The summed E-state index contributed by atoms with van der Waals surface area (Å²) in [5.74, 6) is 0.470. The Balaban J connectivity index is 1.68. The number of nitrogens with zero attached hydrogens (tertiary/aromatic N) is 1. The molecular formula is C20H23ClN2O3. The Hall–Kier alpha value is -2.24. The van der Waals surface area contributed by atoms with Crippen molar-refractivity contribution in [2.75, 3.05) is 43.1 Å². The van der Waals surface area contributed by atoms with Crippen molar-refractivity contribution in [2.45, 2.75) is 13.8 Å². The number of anilines is 2. The van der Waals surface area contributed by atoms with Crippen molar-refractivity contribution < 1.29 is 14.3 Å². The third-order valence-electron chi connectivity index (χ3n) is 4.15. The molecule has 2 aromatic rings. The molecule has 0 aliphatic carbocycles. The lowest BCUT2D eigenvalue weighted by Crippen LogP contribution is -2.37. The second-order valence-corrected chi connectivity index (χ2v) is 6.80. The number of benzene rings is 2. The quantitative estimate of drug-likeness (QED) is 0.864. The predicted octanol–water partition coefficient (Wildman–Crippen LogP) is 3.81. The van der Waals surface area contributed by atoms with Crippen molar-refractivity contribution in [1.29, 1.82) is 0 Å². The van der Waals surface area contributed by atoms with Crippen LogP contribution in [0.2, 0.25) is 5.02 Å². The Bertz CT molecular complexity index is 768. The summed E-state index contributed by atoms with van der Waals surface area (Å²) in [5, 5.41) is 3.53. The smallest absolute Gasteiger partial charge is 0.262 e. The van der Waals surface area contributed by atoms with Gasteiger partial charge in [-0.15, -0.1) is 0 Å². The summed E-state index contributed by atoms with van der Waals surface area (Å²) in [6, 6.07) is 11.4. The number of halogens is 1. The molecule has 0 aromatic heterocycles. The molecule has 1 amide bonds. The van der Waals surface area contributed by atoms with E-state index < -0.39 is 0 Å². The number of hydrogen-bond acceptors (Lipinski definition) is 4. The number of morpholine rings is 1. The van der Waals surface area contributed by atoms with Crippen LogP contribution in [-0.2, 0) is 9.53 Å². The van der Waals surface area contributed by atoms with E-state index in [-0.39, 0.29) is 12.5 Å². The highest BCUT2D eigenvalue weighted by atomic mass is 35.5. The van der Waals surface area contributed by atoms with Gasteiger partial charge in [0.15, 0.2) is 6.61 Å². The van der Waals surface area contributed by atoms with Gasteiger partial charge in [-0.05, 0) is 49.2 Å². The van der Waals surface area contributed by atoms with Gasteiger partial charge in [0.1, 0.15) is 5.75 Å². The molecule has 0 bridgehead atoms. The Morgan fingerprint density at radius 2 is 1.88 bits per heavy atom. The van der Waals surface area contributed by atoms with Crippen LogP contribution < -0.4 is 15.0 Å². The number of ether oxygens (including phenoxy) is 2. The minimum atomic E-state index is -0.221. The SMILES string of the molecule is Cc1cc(C)cc(OCC(=O)Nc2cccc(Cl)c2N2CCOCC2)c1. The van der Waals surface area contributed by atoms with Gasteiger partial charge in [0.05, 0.1) is 29.6 Å². The molecule has 1 aliphatic heterocycles. The minimum absolute atomic E-state index is 0.0576. The highest BCUT2D eigenvalue weighted by Crippen LogP contribution is 2.34. The molecule has 1 heterocycles. The highest BCUT2D eigenvalue weighted by Gasteiger charge is 2.19. The lowest BCUT2D eigenvalue weighted by atomic mass is 10.1. The normalized spacial score (nSPS) is 14.2. The van der Waals surface area contributed by atoms with Crippen LogP contribution in [0.25, 0.3) is 0 Å². The number of aryl methyl sites for hydroxylation is 2.